The predicted molar refractivity (Wildman–Crippen MR) is 124 cm³/mol. The Morgan fingerprint density at radius 2 is 1.79 bits per heavy atom. The fraction of sp³-hybridized carbons (Fsp3) is 0.308. The molecule has 7 heteroatoms. The zero-order valence-corrected chi connectivity index (χ0v) is 19.1. The van der Waals surface area contributed by atoms with Crippen molar-refractivity contribution in [1.29, 1.82) is 0 Å². The molecule has 7 nitrogen and oxygen atoms in total. The minimum Gasteiger partial charge on any atom is -0.490 e. The highest BCUT2D eigenvalue weighted by atomic mass is 16.7. The van der Waals surface area contributed by atoms with Crippen LogP contribution < -0.4 is 10.1 Å². The van der Waals surface area contributed by atoms with Gasteiger partial charge in [0.1, 0.15) is 18.5 Å². The number of rotatable bonds is 5. The fourth-order valence-electron chi connectivity index (χ4n) is 4.58. The molecule has 1 saturated heterocycles. The summed E-state index contributed by atoms with van der Waals surface area (Å²) in [5.41, 5.74) is 3.92. The second kappa shape index (κ2) is 7.86. The number of hydrogen-bond acceptors (Lipinski definition) is 5. The zero-order chi connectivity index (χ0) is 23.3. The van der Waals surface area contributed by atoms with Crippen LogP contribution in [0.15, 0.2) is 48.7 Å². The molecule has 1 aromatic heterocycles. The maximum atomic E-state index is 12.9. The van der Waals surface area contributed by atoms with Crippen molar-refractivity contribution in [2.45, 2.75) is 32.7 Å². The molecule has 0 radical (unpaired) electrons. The van der Waals surface area contributed by atoms with Crippen LogP contribution in [-0.2, 0) is 26.1 Å². The summed E-state index contributed by atoms with van der Waals surface area (Å²) < 4.78 is 19.4. The maximum absolute atomic E-state index is 12.9. The molecule has 33 heavy (non-hydrogen) atoms. The lowest BCUT2D eigenvalue weighted by Crippen LogP contribution is -2.25. The second-order valence-corrected chi connectivity index (χ2v) is 8.89. The SMILES string of the molecule is Cc1c(OC[C@@H]2COC(C)(C)O2)cccc1C1=C(c2cn(C)c3ccccc23)C(=O)NC1=O. The third-order valence-electron chi connectivity index (χ3n) is 6.14. The van der Waals surface area contributed by atoms with Crippen molar-refractivity contribution >= 4 is 33.9 Å². The molecule has 1 N–H and O–H groups in total. The van der Waals surface area contributed by atoms with Crippen LogP contribution in [0.1, 0.15) is 30.5 Å². The molecule has 2 aromatic carbocycles. The summed E-state index contributed by atoms with van der Waals surface area (Å²) in [5.74, 6) is -0.781. The Morgan fingerprint density at radius 1 is 1.06 bits per heavy atom. The van der Waals surface area contributed by atoms with Gasteiger partial charge in [-0.3, -0.25) is 14.9 Å². The number of aromatic nitrogens is 1. The van der Waals surface area contributed by atoms with Crippen molar-refractivity contribution in [3.63, 3.8) is 0 Å². The first-order valence-corrected chi connectivity index (χ1v) is 10.9. The minimum absolute atomic E-state index is 0.176. The number of nitrogens with one attached hydrogen (secondary N) is 1. The molecule has 0 spiro atoms. The Morgan fingerprint density at radius 3 is 2.52 bits per heavy atom. The molecule has 0 bridgehead atoms. The normalized spacial score (nSPS) is 20.1. The molecular weight excluding hydrogens is 420 g/mol. The molecule has 5 rings (SSSR count). The first-order chi connectivity index (χ1) is 15.7. The van der Waals surface area contributed by atoms with Crippen molar-refractivity contribution in [2.24, 2.45) is 7.05 Å². The molecule has 0 saturated carbocycles. The summed E-state index contributed by atoms with van der Waals surface area (Å²) >= 11 is 0. The number of benzene rings is 2. The molecule has 1 fully saturated rings. The average Bonchev–Trinajstić information content (AvgIpc) is 3.39. The molecule has 2 amide bonds. The van der Waals surface area contributed by atoms with Gasteiger partial charge in [0.25, 0.3) is 11.8 Å². The van der Waals surface area contributed by atoms with Crippen LogP contribution in [-0.4, -0.2) is 41.5 Å². The Balaban J connectivity index is 1.55. The highest BCUT2D eigenvalue weighted by Gasteiger charge is 2.35. The zero-order valence-electron chi connectivity index (χ0n) is 19.1. The number of hydrogen-bond donors (Lipinski definition) is 1. The van der Waals surface area contributed by atoms with Crippen LogP contribution >= 0.6 is 0 Å². The van der Waals surface area contributed by atoms with E-state index in [9.17, 15) is 9.59 Å². The van der Waals surface area contributed by atoms with Gasteiger partial charge in [-0.05, 0) is 44.0 Å². The van der Waals surface area contributed by atoms with Gasteiger partial charge in [-0.2, -0.15) is 0 Å². The number of carbonyl (C=O) groups is 2. The van der Waals surface area contributed by atoms with Gasteiger partial charge in [0, 0.05) is 29.7 Å². The number of amides is 2. The lowest BCUT2D eigenvalue weighted by atomic mass is 9.93. The van der Waals surface area contributed by atoms with E-state index in [1.54, 1.807) is 0 Å². The molecule has 0 aliphatic carbocycles. The third kappa shape index (κ3) is 3.73. The molecule has 3 heterocycles. The number of imide groups is 1. The molecule has 3 aromatic rings. The first kappa shape index (κ1) is 21.4. The van der Waals surface area contributed by atoms with Crippen LogP contribution in [0.25, 0.3) is 22.0 Å². The number of aryl methyl sites for hydroxylation is 1. The molecule has 2 aliphatic heterocycles. The van der Waals surface area contributed by atoms with Gasteiger partial charge in [-0.15, -0.1) is 0 Å². The van der Waals surface area contributed by atoms with Gasteiger partial charge in [0.2, 0.25) is 0 Å². The maximum Gasteiger partial charge on any atom is 0.259 e. The van der Waals surface area contributed by atoms with Crippen molar-refractivity contribution < 1.29 is 23.8 Å². The van der Waals surface area contributed by atoms with E-state index in [0.29, 0.717) is 35.7 Å². The summed E-state index contributed by atoms with van der Waals surface area (Å²) in [4.78, 5) is 25.9. The number of carbonyl (C=O) groups excluding carboxylic acids is 2. The van der Waals surface area contributed by atoms with Crippen LogP contribution in [0.5, 0.6) is 5.75 Å². The van der Waals surface area contributed by atoms with Gasteiger partial charge in [-0.25, -0.2) is 0 Å². The predicted octanol–water partition coefficient (Wildman–Crippen LogP) is 3.58. The Hall–Kier alpha value is -3.42. The monoisotopic (exact) mass is 446 g/mol. The third-order valence-corrected chi connectivity index (χ3v) is 6.14. The van der Waals surface area contributed by atoms with Crippen LogP contribution in [0.2, 0.25) is 0 Å². The minimum atomic E-state index is -0.620. The van der Waals surface area contributed by atoms with Gasteiger partial charge < -0.3 is 18.8 Å². The Kier molecular flexibility index (Phi) is 5.11. The van der Waals surface area contributed by atoms with E-state index < -0.39 is 17.6 Å². The van der Waals surface area contributed by atoms with E-state index >= 15 is 0 Å². The molecular formula is C26H26N2O5. The molecule has 1 atom stereocenters. The van der Waals surface area contributed by atoms with Crippen LogP contribution in [0.3, 0.4) is 0 Å². The average molecular weight is 447 g/mol. The van der Waals surface area contributed by atoms with Crippen molar-refractivity contribution in [3.8, 4) is 5.75 Å². The largest absolute Gasteiger partial charge is 0.490 e. The molecule has 170 valence electrons. The summed E-state index contributed by atoms with van der Waals surface area (Å²) in [6.45, 7) is 6.42. The first-order valence-electron chi connectivity index (χ1n) is 10.9. The highest BCUT2D eigenvalue weighted by molar-refractivity contribution is 6.50. The quantitative estimate of drug-likeness (QED) is 0.606. The molecule has 2 aliphatic rings. The number of nitrogens with zero attached hydrogens (tertiary/aromatic N) is 1. The number of fused-ring (bicyclic) bond motifs is 1. The summed E-state index contributed by atoms with van der Waals surface area (Å²) in [5, 5.41) is 3.40. The van der Waals surface area contributed by atoms with Crippen molar-refractivity contribution in [2.75, 3.05) is 13.2 Å². The smallest absolute Gasteiger partial charge is 0.259 e. The lowest BCUT2D eigenvalue weighted by Gasteiger charge is -2.18. The fourth-order valence-corrected chi connectivity index (χ4v) is 4.58. The summed E-state index contributed by atoms with van der Waals surface area (Å²) in [6, 6.07) is 13.4. The highest BCUT2D eigenvalue weighted by Crippen LogP contribution is 2.38. The van der Waals surface area contributed by atoms with E-state index in [1.807, 2.05) is 81.0 Å². The van der Waals surface area contributed by atoms with Gasteiger partial charge >= 0.3 is 0 Å². The van der Waals surface area contributed by atoms with Crippen molar-refractivity contribution in [1.82, 2.24) is 9.88 Å². The number of ether oxygens (including phenoxy) is 3. The van der Waals surface area contributed by atoms with Gasteiger partial charge in [0.05, 0.1) is 17.8 Å². The van der Waals surface area contributed by atoms with Gasteiger partial charge in [-0.1, -0.05) is 30.3 Å². The topological polar surface area (TPSA) is 78.8 Å². The van der Waals surface area contributed by atoms with E-state index in [2.05, 4.69) is 5.32 Å². The summed E-state index contributed by atoms with van der Waals surface area (Å²) in [7, 11) is 1.93. The lowest BCUT2D eigenvalue weighted by molar-refractivity contribution is -0.141. The van der Waals surface area contributed by atoms with E-state index in [-0.39, 0.29) is 6.10 Å². The second-order valence-electron chi connectivity index (χ2n) is 8.89. The van der Waals surface area contributed by atoms with E-state index in [1.165, 1.54) is 0 Å². The van der Waals surface area contributed by atoms with Crippen molar-refractivity contribution in [3.05, 3.63) is 65.4 Å². The molecule has 0 unspecified atom stereocenters. The Labute approximate surface area is 191 Å². The standard InChI is InChI=1S/C26H26N2O5/c1-15-17(9-7-11-21(15)31-13-16-14-32-26(2,3)33-16)22-23(25(30)27-24(22)29)19-12-28(4)20-10-6-5-8-18(19)20/h5-12,16H,13-14H2,1-4H3,(H,27,29,30)/t16-/m1/s1. The van der Waals surface area contributed by atoms with E-state index in [4.69, 9.17) is 14.2 Å². The van der Waals surface area contributed by atoms with Crippen LogP contribution in [0.4, 0.5) is 0 Å². The van der Waals surface area contributed by atoms with Gasteiger partial charge in [0.15, 0.2) is 5.79 Å². The summed E-state index contributed by atoms with van der Waals surface area (Å²) in [6.07, 6.45) is 1.72. The Bertz CT molecular complexity index is 1320. The van der Waals surface area contributed by atoms with E-state index in [0.717, 1.165) is 22.0 Å². The van der Waals surface area contributed by atoms with Crippen LogP contribution in [0, 0.1) is 6.92 Å². The number of para-hydroxylation sites is 1.